The molecule has 0 spiro atoms. The molecular weight excluding hydrogens is 318 g/mol. The summed E-state index contributed by atoms with van der Waals surface area (Å²) in [7, 11) is 0. The van der Waals surface area contributed by atoms with E-state index in [0.717, 1.165) is 11.2 Å². The van der Waals surface area contributed by atoms with Crippen molar-refractivity contribution in [2.75, 3.05) is 4.90 Å². The second-order valence-corrected chi connectivity index (χ2v) is 9.92. The molecule has 1 fully saturated rings. The van der Waals surface area contributed by atoms with E-state index < -0.39 is 0 Å². The van der Waals surface area contributed by atoms with Crippen LogP contribution in [0.25, 0.3) is 21.9 Å². The number of hydrogen-bond acceptors (Lipinski definition) is 2. The third-order valence-electron chi connectivity index (χ3n) is 7.19. The lowest BCUT2D eigenvalue weighted by molar-refractivity contribution is 0.231. The standard InChI is InChI=1S/C24H29NO/c1-14-15(2)22-23(3,4)13-24(5,6)25(22)20-16(14)11-12-18-17-9-7-8-10-19(17)26-21(18)20/h7-12,14-15,22H,13H2,1-6H3/t14?,15?,22-/m0/s1. The van der Waals surface area contributed by atoms with Crippen LogP contribution in [-0.4, -0.2) is 11.6 Å². The van der Waals surface area contributed by atoms with Gasteiger partial charge >= 0.3 is 0 Å². The summed E-state index contributed by atoms with van der Waals surface area (Å²) in [4.78, 5) is 2.72. The number of para-hydroxylation sites is 1. The summed E-state index contributed by atoms with van der Waals surface area (Å²) in [5.74, 6) is 1.16. The highest BCUT2D eigenvalue weighted by Crippen LogP contribution is 2.59. The number of benzene rings is 2. The Morgan fingerprint density at radius 2 is 1.69 bits per heavy atom. The van der Waals surface area contributed by atoms with Crippen LogP contribution in [0.2, 0.25) is 0 Å². The van der Waals surface area contributed by atoms with Crippen molar-refractivity contribution in [3.8, 4) is 0 Å². The van der Waals surface area contributed by atoms with Gasteiger partial charge in [0.15, 0.2) is 5.58 Å². The number of anilines is 1. The number of nitrogens with zero attached hydrogens (tertiary/aromatic N) is 1. The van der Waals surface area contributed by atoms with Gasteiger partial charge in [0.1, 0.15) is 5.58 Å². The second kappa shape index (κ2) is 4.85. The molecule has 0 saturated carbocycles. The second-order valence-electron chi connectivity index (χ2n) is 9.92. The molecule has 2 aromatic carbocycles. The van der Waals surface area contributed by atoms with E-state index in [1.165, 1.54) is 28.4 Å². The SMILES string of the molecule is CC1c2ccc3c(oc4ccccc43)c2N2[C@@H](C1C)C(C)(C)CC2(C)C. The lowest BCUT2D eigenvalue weighted by Gasteiger charge is -2.49. The van der Waals surface area contributed by atoms with Gasteiger partial charge in [-0.3, -0.25) is 0 Å². The summed E-state index contributed by atoms with van der Waals surface area (Å²) in [5, 5.41) is 2.48. The summed E-state index contributed by atoms with van der Waals surface area (Å²) in [6.45, 7) is 14.6. The van der Waals surface area contributed by atoms with E-state index in [-0.39, 0.29) is 5.54 Å². The molecule has 2 aliphatic heterocycles. The molecule has 1 aromatic heterocycles. The Bertz CT molecular complexity index is 1030. The fourth-order valence-corrected chi connectivity index (χ4v) is 6.38. The Balaban J connectivity index is 1.89. The number of hydrogen-bond donors (Lipinski definition) is 0. The molecule has 0 bridgehead atoms. The van der Waals surface area contributed by atoms with E-state index in [1.54, 1.807) is 0 Å². The largest absolute Gasteiger partial charge is 0.454 e. The lowest BCUT2D eigenvalue weighted by Crippen LogP contribution is -2.52. The minimum absolute atomic E-state index is 0.130. The third kappa shape index (κ3) is 1.88. The van der Waals surface area contributed by atoms with Gasteiger partial charge in [-0.25, -0.2) is 0 Å². The molecule has 136 valence electrons. The maximum atomic E-state index is 6.46. The molecular formula is C24H29NO. The Hall–Kier alpha value is -1.96. The summed E-state index contributed by atoms with van der Waals surface area (Å²) in [6.07, 6.45) is 1.21. The molecule has 5 rings (SSSR count). The minimum Gasteiger partial charge on any atom is -0.454 e. The summed E-state index contributed by atoms with van der Waals surface area (Å²) >= 11 is 0. The van der Waals surface area contributed by atoms with Gasteiger partial charge in [-0.2, -0.15) is 0 Å². The summed E-state index contributed by atoms with van der Waals surface area (Å²) < 4.78 is 6.46. The monoisotopic (exact) mass is 347 g/mol. The predicted octanol–water partition coefficient (Wildman–Crippen LogP) is 6.72. The Morgan fingerprint density at radius 3 is 2.46 bits per heavy atom. The molecule has 0 N–H and O–H groups in total. The van der Waals surface area contributed by atoms with Gasteiger partial charge in [-0.1, -0.05) is 58.0 Å². The van der Waals surface area contributed by atoms with Crippen LogP contribution in [0, 0.1) is 11.3 Å². The first-order valence-electron chi connectivity index (χ1n) is 9.96. The Kier molecular flexibility index (Phi) is 3.03. The smallest absolute Gasteiger partial charge is 0.159 e. The maximum absolute atomic E-state index is 6.46. The molecule has 26 heavy (non-hydrogen) atoms. The van der Waals surface area contributed by atoms with Crippen LogP contribution in [0.3, 0.4) is 0 Å². The zero-order valence-electron chi connectivity index (χ0n) is 16.8. The zero-order chi connectivity index (χ0) is 18.4. The molecule has 3 aromatic rings. The molecule has 0 amide bonds. The first-order chi connectivity index (χ1) is 12.2. The van der Waals surface area contributed by atoms with Gasteiger partial charge < -0.3 is 9.32 Å². The van der Waals surface area contributed by atoms with E-state index in [1.807, 2.05) is 0 Å². The molecule has 2 unspecified atom stereocenters. The maximum Gasteiger partial charge on any atom is 0.159 e. The number of rotatable bonds is 0. The van der Waals surface area contributed by atoms with Crippen molar-refractivity contribution < 1.29 is 4.42 Å². The van der Waals surface area contributed by atoms with E-state index in [4.69, 9.17) is 4.42 Å². The molecule has 2 nitrogen and oxygen atoms in total. The Morgan fingerprint density at radius 1 is 0.962 bits per heavy atom. The van der Waals surface area contributed by atoms with Crippen molar-refractivity contribution in [3.05, 3.63) is 42.0 Å². The van der Waals surface area contributed by atoms with Crippen molar-refractivity contribution in [3.63, 3.8) is 0 Å². The highest BCUT2D eigenvalue weighted by Gasteiger charge is 2.56. The van der Waals surface area contributed by atoms with Gasteiger partial charge in [0.2, 0.25) is 0 Å². The lowest BCUT2D eigenvalue weighted by atomic mass is 9.70. The fraction of sp³-hybridized carbons (Fsp3) is 0.500. The van der Waals surface area contributed by atoms with E-state index in [9.17, 15) is 0 Å². The molecule has 2 heteroatoms. The average Bonchev–Trinajstić information content (AvgIpc) is 3.03. The van der Waals surface area contributed by atoms with E-state index in [2.05, 4.69) is 82.8 Å². The van der Waals surface area contributed by atoms with Crippen LogP contribution < -0.4 is 4.90 Å². The summed E-state index contributed by atoms with van der Waals surface area (Å²) in [5.41, 5.74) is 5.30. The topological polar surface area (TPSA) is 16.4 Å². The third-order valence-corrected chi connectivity index (χ3v) is 7.19. The molecule has 3 atom stereocenters. The average molecular weight is 348 g/mol. The molecule has 0 radical (unpaired) electrons. The highest BCUT2D eigenvalue weighted by molar-refractivity contribution is 6.10. The quantitative estimate of drug-likeness (QED) is 0.448. The van der Waals surface area contributed by atoms with Gasteiger partial charge in [-0.05, 0) is 49.1 Å². The molecule has 1 saturated heterocycles. The normalized spacial score (nSPS) is 29.2. The van der Waals surface area contributed by atoms with Gasteiger partial charge in [0, 0.05) is 22.4 Å². The highest BCUT2D eigenvalue weighted by atomic mass is 16.3. The van der Waals surface area contributed by atoms with Crippen molar-refractivity contribution >= 4 is 27.6 Å². The zero-order valence-corrected chi connectivity index (χ0v) is 16.8. The van der Waals surface area contributed by atoms with Crippen LogP contribution in [0.5, 0.6) is 0 Å². The van der Waals surface area contributed by atoms with Gasteiger partial charge in [-0.15, -0.1) is 0 Å². The van der Waals surface area contributed by atoms with Gasteiger partial charge in [0.05, 0.1) is 5.69 Å². The van der Waals surface area contributed by atoms with Crippen molar-refractivity contribution in [2.24, 2.45) is 11.3 Å². The summed E-state index contributed by atoms with van der Waals surface area (Å²) in [6, 6.07) is 13.6. The molecule has 0 aliphatic carbocycles. The van der Waals surface area contributed by atoms with E-state index in [0.29, 0.717) is 23.3 Å². The van der Waals surface area contributed by atoms with Crippen molar-refractivity contribution in [1.29, 1.82) is 0 Å². The Labute approximate surface area is 156 Å². The van der Waals surface area contributed by atoms with Crippen LogP contribution in [0.15, 0.2) is 40.8 Å². The van der Waals surface area contributed by atoms with Gasteiger partial charge in [0.25, 0.3) is 0 Å². The van der Waals surface area contributed by atoms with Crippen molar-refractivity contribution in [2.45, 2.75) is 65.5 Å². The number of furan rings is 1. The van der Waals surface area contributed by atoms with E-state index >= 15 is 0 Å². The van der Waals surface area contributed by atoms with Crippen LogP contribution in [-0.2, 0) is 0 Å². The minimum atomic E-state index is 0.130. The van der Waals surface area contributed by atoms with Crippen LogP contribution in [0.1, 0.15) is 59.4 Å². The fourth-order valence-electron chi connectivity index (χ4n) is 6.38. The molecule has 3 heterocycles. The van der Waals surface area contributed by atoms with Crippen LogP contribution >= 0.6 is 0 Å². The first kappa shape index (κ1) is 16.2. The predicted molar refractivity (Wildman–Crippen MR) is 110 cm³/mol. The molecule has 2 aliphatic rings. The first-order valence-corrected chi connectivity index (χ1v) is 9.96. The van der Waals surface area contributed by atoms with Crippen molar-refractivity contribution in [1.82, 2.24) is 0 Å². The number of fused-ring (bicyclic) bond motifs is 7. The van der Waals surface area contributed by atoms with Crippen LogP contribution in [0.4, 0.5) is 5.69 Å².